The average molecular weight is 423 g/mol. The minimum atomic E-state index is -0.716. The Morgan fingerprint density at radius 3 is 2.86 bits per heavy atom. The first-order chi connectivity index (χ1) is 13.7. The van der Waals surface area contributed by atoms with E-state index in [1.54, 1.807) is 11.5 Å². The number of fused-ring (bicyclic) bond motifs is 1. The van der Waals surface area contributed by atoms with Crippen molar-refractivity contribution in [1.29, 1.82) is 0 Å². The number of piperidine rings is 1. The van der Waals surface area contributed by atoms with Crippen LogP contribution in [0.1, 0.15) is 51.0 Å². The van der Waals surface area contributed by atoms with Crippen LogP contribution in [0.2, 0.25) is 0 Å². The van der Waals surface area contributed by atoms with Crippen LogP contribution in [0, 0.1) is 11.8 Å². The molecule has 0 aromatic carbocycles. The summed E-state index contributed by atoms with van der Waals surface area (Å²) in [6.45, 7) is 8.89. The maximum atomic E-state index is 12.5. The minimum Gasteiger partial charge on any atom is -0.444 e. The van der Waals surface area contributed by atoms with E-state index >= 15 is 0 Å². The summed E-state index contributed by atoms with van der Waals surface area (Å²) in [5.41, 5.74) is -0.864. The summed E-state index contributed by atoms with van der Waals surface area (Å²) in [5, 5.41) is 8.54. The van der Waals surface area contributed by atoms with E-state index < -0.39 is 17.3 Å². The molecule has 0 radical (unpaired) electrons. The summed E-state index contributed by atoms with van der Waals surface area (Å²) < 4.78 is 7.15. The maximum absolute atomic E-state index is 12.5. The zero-order valence-electron chi connectivity index (χ0n) is 17.1. The number of hydrogen-bond donors (Lipinski definition) is 3. The standard InChI is InChI=1S/C19H27ClN6O3/c1-5-6-10-26-13-14(22-16(20)24-15(13)27)23-17(26)25-9-7-8-12(11-25)21-18(28)29-19(2,3)4/h12,16,22H,7-11H2,1-4H3,(H,21,28)(H,24,27). The molecule has 1 fully saturated rings. The zero-order chi connectivity index (χ0) is 21.2. The molecule has 2 amide bonds. The first-order valence-corrected chi connectivity index (χ1v) is 10.1. The van der Waals surface area contributed by atoms with Gasteiger partial charge in [-0.3, -0.25) is 9.36 Å². The van der Waals surface area contributed by atoms with E-state index in [2.05, 4.69) is 37.7 Å². The van der Waals surface area contributed by atoms with Crippen molar-refractivity contribution in [3.8, 4) is 11.8 Å². The molecule has 3 rings (SSSR count). The SMILES string of the molecule is CC#CCn1c(N2CCCC(NC(=O)OC(C)(C)C)C2)nc2c1C(=O)NC(Cl)N2. The zero-order valence-corrected chi connectivity index (χ0v) is 17.9. The number of carbonyl (C=O) groups is 2. The fourth-order valence-electron chi connectivity index (χ4n) is 3.41. The van der Waals surface area contributed by atoms with E-state index in [1.807, 2.05) is 20.8 Å². The number of ether oxygens (including phenoxy) is 1. The number of alkyl halides is 1. The fourth-order valence-corrected chi connectivity index (χ4v) is 3.61. The highest BCUT2D eigenvalue weighted by Gasteiger charge is 2.33. The van der Waals surface area contributed by atoms with Crippen LogP contribution >= 0.6 is 11.6 Å². The van der Waals surface area contributed by atoms with E-state index in [-0.39, 0.29) is 11.9 Å². The largest absolute Gasteiger partial charge is 0.444 e. The van der Waals surface area contributed by atoms with Gasteiger partial charge in [0.05, 0.1) is 6.54 Å². The molecule has 3 heterocycles. The predicted molar refractivity (Wildman–Crippen MR) is 111 cm³/mol. The van der Waals surface area contributed by atoms with Crippen molar-refractivity contribution >= 4 is 35.4 Å². The average Bonchev–Trinajstić information content (AvgIpc) is 2.97. The van der Waals surface area contributed by atoms with Crippen LogP contribution in [0.3, 0.4) is 0 Å². The molecule has 158 valence electrons. The molecule has 2 aliphatic heterocycles. The lowest BCUT2D eigenvalue weighted by molar-refractivity contribution is 0.0499. The lowest BCUT2D eigenvalue weighted by Crippen LogP contribution is -2.49. The van der Waals surface area contributed by atoms with E-state index in [1.165, 1.54) is 0 Å². The maximum Gasteiger partial charge on any atom is 0.407 e. The molecule has 29 heavy (non-hydrogen) atoms. The quantitative estimate of drug-likeness (QED) is 0.391. The lowest BCUT2D eigenvalue weighted by atomic mass is 10.1. The summed E-state index contributed by atoms with van der Waals surface area (Å²) in [6.07, 6.45) is 1.28. The summed E-state index contributed by atoms with van der Waals surface area (Å²) in [5.74, 6) is 6.62. The number of amides is 2. The molecular weight excluding hydrogens is 396 g/mol. The van der Waals surface area contributed by atoms with Crippen LogP contribution in [0.5, 0.6) is 0 Å². The second-order valence-corrected chi connectivity index (χ2v) is 8.47. The van der Waals surface area contributed by atoms with Gasteiger partial charge in [-0.2, -0.15) is 4.98 Å². The minimum absolute atomic E-state index is 0.0828. The number of alkyl carbamates (subject to hydrolysis) is 1. The van der Waals surface area contributed by atoms with Crippen LogP contribution < -0.4 is 20.9 Å². The van der Waals surface area contributed by atoms with E-state index in [0.29, 0.717) is 30.5 Å². The van der Waals surface area contributed by atoms with Gasteiger partial charge in [-0.15, -0.1) is 5.92 Å². The van der Waals surface area contributed by atoms with Crippen molar-refractivity contribution in [2.24, 2.45) is 0 Å². The number of nitrogens with one attached hydrogen (secondary N) is 3. The molecule has 2 atom stereocenters. The molecule has 3 N–H and O–H groups in total. The van der Waals surface area contributed by atoms with Gasteiger partial charge in [-0.05, 0) is 40.5 Å². The first kappa shape index (κ1) is 21.1. The van der Waals surface area contributed by atoms with Crippen LogP contribution in [-0.2, 0) is 11.3 Å². The number of nitrogens with zero attached hydrogens (tertiary/aromatic N) is 3. The Morgan fingerprint density at radius 2 is 2.17 bits per heavy atom. The highest BCUT2D eigenvalue weighted by molar-refractivity contribution is 6.24. The Hall–Kier alpha value is -2.60. The normalized spacial score (nSPS) is 21.3. The Kier molecular flexibility index (Phi) is 6.13. The number of hydrogen-bond acceptors (Lipinski definition) is 6. The summed E-state index contributed by atoms with van der Waals surface area (Å²) >= 11 is 6.03. The van der Waals surface area contributed by atoms with Crippen LogP contribution in [0.15, 0.2) is 0 Å². The first-order valence-electron chi connectivity index (χ1n) is 9.64. The Morgan fingerprint density at radius 1 is 1.41 bits per heavy atom. The molecule has 0 bridgehead atoms. The Bertz CT molecular complexity index is 851. The van der Waals surface area contributed by atoms with Gasteiger partial charge >= 0.3 is 6.09 Å². The number of halogens is 1. The molecular formula is C19H27ClN6O3. The van der Waals surface area contributed by atoms with Gasteiger partial charge in [0.1, 0.15) is 5.60 Å². The number of carbonyl (C=O) groups excluding carboxylic acids is 2. The molecule has 2 aliphatic rings. The second-order valence-electron chi connectivity index (χ2n) is 8.03. The molecule has 0 saturated carbocycles. The molecule has 9 nitrogen and oxygen atoms in total. The lowest BCUT2D eigenvalue weighted by Gasteiger charge is -2.34. The molecule has 0 aliphatic carbocycles. The third-order valence-electron chi connectivity index (χ3n) is 4.52. The highest BCUT2D eigenvalue weighted by atomic mass is 35.5. The van der Waals surface area contributed by atoms with Gasteiger partial charge in [0.15, 0.2) is 17.1 Å². The van der Waals surface area contributed by atoms with E-state index in [4.69, 9.17) is 16.3 Å². The number of aromatic nitrogens is 2. The fraction of sp³-hybridized carbons (Fsp3) is 0.632. The molecule has 1 aromatic rings. The second kappa shape index (κ2) is 8.41. The van der Waals surface area contributed by atoms with Gasteiger partial charge in [-0.1, -0.05) is 17.5 Å². The number of anilines is 2. The Balaban J connectivity index is 1.82. The molecule has 0 spiro atoms. The van der Waals surface area contributed by atoms with Crippen molar-refractivity contribution in [3.05, 3.63) is 5.69 Å². The molecule has 10 heteroatoms. The van der Waals surface area contributed by atoms with Gasteiger partial charge in [0.2, 0.25) is 5.95 Å². The van der Waals surface area contributed by atoms with Crippen LogP contribution in [0.4, 0.5) is 16.6 Å². The van der Waals surface area contributed by atoms with Crippen molar-refractivity contribution < 1.29 is 14.3 Å². The predicted octanol–water partition coefficient (Wildman–Crippen LogP) is 2.08. The number of imidazole rings is 1. The third kappa shape index (κ3) is 5.07. The summed E-state index contributed by atoms with van der Waals surface area (Å²) in [4.78, 5) is 31.3. The highest BCUT2D eigenvalue weighted by Crippen LogP contribution is 2.29. The Labute approximate surface area is 175 Å². The number of rotatable bonds is 3. The van der Waals surface area contributed by atoms with Crippen LogP contribution in [0.25, 0.3) is 0 Å². The molecule has 1 aromatic heterocycles. The topological polar surface area (TPSA) is 101 Å². The van der Waals surface area contributed by atoms with Crippen molar-refractivity contribution in [2.45, 2.75) is 64.3 Å². The molecule has 2 unspecified atom stereocenters. The van der Waals surface area contributed by atoms with Crippen molar-refractivity contribution in [2.75, 3.05) is 23.3 Å². The summed E-state index contributed by atoms with van der Waals surface area (Å²) in [7, 11) is 0. The third-order valence-corrected chi connectivity index (χ3v) is 4.74. The molecule has 1 saturated heterocycles. The smallest absolute Gasteiger partial charge is 0.407 e. The van der Waals surface area contributed by atoms with Gasteiger partial charge in [0, 0.05) is 19.1 Å². The van der Waals surface area contributed by atoms with Crippen LogP contribution in [-0.4, -0.2) is 51.9 Å². The van der Waals surface area contributed by atoms with Gasteiger partial charge in [0.25, 0.3) is 5.91 Å². The summed E-state index contributed by atoms with van der Waals surface area (Å²) in [6, 6.07) is -0.0828. The van der Waals surface area contributed by atoms with Crippen molar-refractivity contribution in [3.63, 3.8) is 0 Å². The van der Waals surface area contributed by atoms with Gasteiger partial charge in [-0.25, -0.2) is 4.79 Å². The van der Waals surface area contributed by atoms with Gasteiger partial charge < -0.3 is 25.6 Å². The van der Waals surface area contributed by atoms with E-state index in [0.717, 1.165) is 19.4 Å². The van der Waals surface area contributed by atoms with E-state index in [9.17, 15) is 9.59 Å². The monoisotopic (exact) mass is 422 g/mol. The van der Waals surface area contributed by atoms with Crippen molar-refractivity contribution in [1.82, 2.24) is 20.2 Å².